The summed E-state index contributed by atoms with van der Waals surface area (Å²) in [5, 5.41) is 27.7. The fourth-order valence-electron chi connectivity index (χ4n) is 8.45. The van der Waals surface area contributed by atoms with Gasteiger partial charge in [0.25, 0.3) is 0 Å². The minimum atomic E-state index is 0.195. The highest BCUT2D eigenvalue weighted by Crippen LogP contribution is 2.48. The topological polar surface area (TPSA) is 46.9 Å². The zero-order valence-corrected chi connectivity index (χ0v) is 27.1. The summed E-state index contributed by atoms with van der Waals surface area (Å²) in [7, 11) is 0. The Balaban J connectivity index is 1.20. The van der Waals surface area contributed by atoms with E-state index in [9.17, 15) is 10.2 Å². The number of allylic oxidation sites excluding steroid dienone is 14. The molecule has 4 aromatic rings. The molecule has 0 aromatic heterocycles. The summed E-state index contributed by atoms with van der Waals surface area (Å²) in [6.45, 7) is 3.80. The second kappa shape index (κ2) is 11.3. The molecule has 0 bridgehead atoms. The van der Waals surface area contributed by atoms with Crippen molar-refractivity contribution in [2.24, 2.45) is 11.8 Å². The van der Waals surface area contributed by atoms with Gasteiger partial charge in [-0.05, 0) is 76.7 Å². The SMILES string of the molecule is CC1CN(c2ccc3ccccc3c2C2=C(O)C=CC3CC=CC=C23)CN1c1ccc2ccccc2c1C1=C(O)C=CC2CC=CC=C12. The lowest BCUT2D eigenvalue weighted by atomic mass is 9.78. The smallest absolute Gasteiger partial charge is 0.123 e. The Morgan fingerprint density at radius 2 is 1.15 bits per heavy atom. The molecule has 0 saturated carbocycles. The summed E-state index contributed by atoms with van der Waals surface area (Å²) in [4.78, 5) is 4.96. The van der Waals surface area contributed by atoms with Gasteiger partial charge in [0.2, 0.25) is 0 Å². The average Bonchev–Trinajstić information content (AvgIpc) is 3.51. The van der Waals surface area contributed by atoms with Crippen molar-refractivity contribution in [3.8, 4) is 0 Å². The number of aliphatic hydroxyl groups excluding tert-OH is 2. The number of anilines is 2. The van der Waals surface area contributed by atoms with Crippen molar-refractivity contribution < 1.29 is 10.2 Å². The molecule has 5 aliphatic rings. The molecule has 0 spiro atoms. The van der Waals surface area contributed by atoms with Gasteiger partial charge in [0.1, 0.15) is 11.5 Å². The molecule has 0 amide bonds. The molecule has 2 N–H and O–H groups in total. The molecule has 4 aliphatic carbocycles. The lowest BCUT2D eigenvalue weighted by molar-refractivity contribution is 0.431. The number of aliphatic hydroxyl groups is 2. The highest BCUT2D eigenvalue weighted by molar-refractivity contribution is 6.06. The highest BCUT2D eigenvalue weighted by atomic mass is 16.3. The number of hydrogen-bond donors (Lipinski definition) is 2. The third-order valence-corrected chi connectivity index (χ3v) is 10.8. The van der Waals surface area contributed by atoms with Crippen molar-refractivity contribution in [1.82, 2.24) is 0 Å². The Kier molecular flexibility index (Phi) is 6.79. The van der Waals surface area contributed by atoms with Crippen molar-refractivity contribution in [2.45, 2.75) is 25.8 Å². The van der Waals surface area contributed by atoms with E-state index in [1.165, 1.54) is 11.1 Å². The van der Waals surface area contributed by atoms with Crippen molar-refractivity contribution in [2.75, 3.05) is 23.0 Å². The van der Waals surface area contributed by atoms with Gasteiger partial charge >= 0.3 is 0 Å². The van der Waals surface area contributed by atoms with E-state index in [0.717, 1.165) is 74.6 Å². The van der Waals surface area contributed by atoms with E-state index < -0.39 is 0 Å². The van der Waals surface area contributed by atoms with Crippen LogP contribution in [-0.4, -0.2) is 29.5 Å². The molecule has 1 fully saturated rings. The number of hydrogen-bond acceptors (Lipinski definition) is 4. The van der Waals surface area contributed by atoms with Crippen molar-refractivity contribution >= 4 is 44.1 Å². The molecule has 1 heterocycles. The molecule has 48 heavy (non-hydrogen) atoms. The van der Waals surface area contributed by atoms with Crippen LogP contribution in [0.5, 0.6) is 0 Å². The molecular formula is C44H38N2O2. The largest absolute Gasteiger partial charge is 0.507 e. The van der Waals surface area contributed by atoms with Crippen LogP contribution in [0.3, 0.4) is 0 Å². The zero-order chi connectivity index (χ0) is 32.4. The fourth-order valence-corrected chi connectivity index (χ4v) is 8.45. The van der Waals surface area contributed by atoms with Crippen LogP contribution in [0.25, 0.3) is 32.7 Å². The fraction of sp³-hybridized carbons (Fsp3) is 0.182. The highest BCUT2D eigenvalue weighted by Gasteiger charge is 2.35. The van der Waals surface area contributed by atoms with E-state index in [4.69, 9.17) is 0 Å². The van der Waals surface area contributed by atoms with Gasteiger partial charge in [-0.15, -0.1) is 0 Å². The Morgan fingerprint density at radius 3 is 1.73 bits per heavy atom. The molecule has 4 heteroatoms. The monoisotopic (exact) mass is 626 g/mol. The van der Waals surface area contributed by atoms with E-state index in [0.29, 0.717) is 18.2 Å². The Hall–Kier alpha value is -5.48. The molecule has 9 rings (SSSR count). The second-order valence-corrected chi connectivity index (χ2v) is 13.6. The molecule has 0 radical (unpaired) electrons. The first-order valence-electron chi connectivity index (χ1n) is 17.1. The maximum atomic E-state index is 11.5. The van der Waals surface area contributed by atoms with E-state index >= 15 is 0 Å². The standard InChI is InChI=1S/C44H38N2O2/c1-28-26-45(37-22-18-29-10-2-6-14-33(29)41(37)43-35-16-8-4-12-31(35)20-24-39(43)47)27-46(28)38-23-19-30-11-3-7-15-34(30)42(38)44-36-17-9-5-13-32(36)21-25-40(44)48/h2-11,14-25,28,31-32,47-48H,12-13,26-27H2,1H3. The van der Waals surface area contributed by atoms with Crippen LogP contribution in [0.15, 0.2) is 156 Å². The maximum Gasteiger partial charge on any atom is 0.123 e. The second-order valence-electron chi connectivity index (χ2n) is 13.6. The van der Waals surface area contributed by atoms with E-state index in [-0.39, 0.29) is 17.9 Å². The number of nitrogens with zero attached hydrogens (tertiary/aromatic N) is 2. The third kappa shape index (κ3) is 4.51. The predicted octanol–water partition coefficient (Wildman–Crippen LogP) is 10.3. The zero-order valence-electron chi connectivity index (χ0n) is 27.1. The minimum Gasteiger partial charge on any atom is -0.507 e. The Labute approximate surface area is 281 Å². The van der Waals surface area contributed by atoms with Gasteiger partial charge in [0.05, 0.1) is 6.67 Å². The predicted molar refractivity (Wildman–Crippen MR) is 200 cm³/mol. The summed E-state index contributed by atoms with van der Waals surface area (Å²) in [6, 6.07) is 26.2. The minimum absolute atomic E-state index is 0.195. The summed E-state index contributed by atoms with van der Waals surface area (Å²) < 4.78 is 0. The normalized spacial score (nSPS) is 23.2. The van der Waals surface area contributed by atoms with Crippen molar-refractivity contribution in [1.29, 1.82) is 0 Å². The molecular weight excluding hydrogens is 588 g/mol. The quantitative estimate of drug-likeness (QED) is 0.237. The van der Waals surface area contributed by atoms with Gasteiger partial charge < -0.3 is 20.0 Å². The van der Waals surface area contributed by atoms with Gasteiger partial charge in [-0.3, -0.25) is 0 Å². The van der Waals surface area contributed by atoms with Crippen molar-refractivity contribution in [3.05, 3.63) is 167 Å². The lowest BCUT2D eigenvalue weighted by Crippen LogP contribution is -2.30. The summed E-state index contributed by atoms with van der Waals surface area (Å²) in [5.41, 5.74) is 8.65. The lowest BCUT2D eigenvalue weighted by Gasteiger charge is -2.32. The van der Waals surface area contributed by atoms with Gasteiger partial charge in [0, 0.05) is 58.1 Å². The average molecular weight is 627 g/mol. The van der Waals surface area contributed by atoms with Crippen molar-refractivity contribution in [3.63, 3.8) is 0 Å². The van der Waals surface area contributed by atoms with Gasteiger partial charge in [-0.2, -0.15) is 0 Å². The molecule has 4 aromatic carbocycles. The first-order chi connectivity index (χ1) is 23.6. The summed E-state index contributed by atoms with van der Waals surface area (Å²) in [6.07, 6.45) is 22.9. The Morgan fingerprint density at radius 1 is 0.625 bits per heavy atom. The van der Waals surface area contributed by atoms with Crippen LogP contribution in [0.2, 0.25) is 0 Å². The van der Waals surface area contributed by atoms with E-state index in [1.54, 1.807) is 0 Å². The summed E-state index contributed by atoms with van der Waals surface area (Å²) in [5.74, 6) is 1.14. The molecule has 236 valence electrons. The van der Waals surface area contributed by atoms with Gasteiger partial charge in [0.15, 0.2) is 0 Å². The number of benzene rings is 4. The Bertz CT molecular complexity index is 2260. The maximum absolute atomic E-state index is 11.5. The van der Waals surface area contributed by atoms with E-state index in [1.807, 2.05) is 12.2 Å². The van der Waals surface area contributed by atoms with Crippen LogP contribution in [0.4, 0.5) is 11.4 Å². The van der Waals surface area contributed by atoms with Crippen LogP contribution in [0, 0.1) is 11.8 Å². The van der Waals surface area contributed by atoms with Gasteiger partial charge in [-0.25, -0.2) is 0 Å². The third-order valence-electron chi connectivity index (χ3n) is 10.8. The molecule has 1 aliphatic heterocycles. The molecule has 3 atom stereocenters. The first kappa shape index (κ1) is 28.7. The van der Waals surface area contributed by atoms with E-state index in [2.05, 4.69) is 138 Å². The first-order valence-corrected chi connectivity index (χ1v) is 17.1. The molecule has 3 unspecified atom stereocenters. The van der Waals surface area contributed by atoms with Gasteiger partial charge in [-0.1, -0.05) is 109 Å². The number of fused-ring (bicyclic) bond motifs is 4. The molecule has 1 saturated heterocycles. The van der Waals surface area contributed by atoms with Crippen LogP contribution < -0.4 is 9.80 Å². The van der Waals surface area contributed by atoms with Crippen LogP contribution in [0.1, 0.15) is 30.9 Å². The van der Waals surface area contributed by atoms with Crippen LogP contribution >= 0.6 is 0 Å². The van der Waals surface area contributed by atoms with Crippen LogP contribution in [-0.2, 0) is 0 Å². The number of rotatable bonds is 4. The summed E-state index contributed by atoms with van der Waals surface area (Å²) >= 11 is 0. The molecule has 4 nitrogen and oxygen atoms in total.